The molecule has 1 aliphatic rings. The van der Waals surface area contributed by atoms with Crippen molar-refractivity contribution in [3.05, 3.63) is 89.0 Å². The molecule has 1 N–H and O–H groups in total. The summed E-state index contributed by atoms with van der Waals surface area (Å²) in [6.45, 7) is 4.34. The SMILES string of the molecule is COC(=O)OC1=C(C)NC(C)=CC1c1cccc(OCc2ccccc2)c1. The lowest BCUT2D eigenvalue weighted by Crippen LogP contribution is -2.23. The Kier molecular flexibility index (Phi) is 5.81. The third-order valence-electron chi connectivity index (χ3n) is 4.28. The third-order valence-corrected chi connectivity index (χ3v) is 4.28. The highest BCUT2D eigenvalue weighted by molar-refractivity contribution is 5.62. The molecule has 2 aromatic carbocycles. The van der Waals surface area contributed by atoms with Crippen molar-refractivity contribution in [3.8, 4) is 5.75 Å². The van der Waals surface area contributed by atoms with Crippen LogP contribution in [0.4, 0.5) is 4.79 Å². The fourth-order valence-corrected chi connectivity index (χ4v) is 3.02. The van der Waals surface area contributed by atoms with Crippen molar-refractivity contribution in [3.63, 3.8) is 0 Å². The molecule has 140 valence electrons. The topological polar surface area (TPSA) is 56.8 Å². The Morgan fingerprint density at radius 3 is 2.59 bits per heavy atom. The molecule has 0 aromatic heterocycles. The van der Waals surface area contributed by atoms with Gasteiger partial charge in [-0.1, -0.05) is 48.5 Å². The number of rotatable bonds is 5. The molecule has 0 bridgehead atoms. The number of ether oxygens (including phenoxy) is 3. The minimum absolute atomic E-state index is 0.203. The van der Waals surface area contributed by atoms with Crippen LogP contribution in [-0.2, 0) is 16.1 Å². The summed E-state index contributed by atoms with van der Waals surface area (Å²) >= 11 is 0. The monoisotopic (exact) mass is 365 g/mol. The summed E-state index contributed by atoms with van der Waals surface area (Å²) in [6, 6.07) is 17.8. The molecule has 0 saturated carbocycles. The van der Waals surface area contributed by atoms with Gasteiger partial charge in [0.15, 0.2) is 0 Å². The number of carbonyl (C=O) groups excluding carboxylic acids is 1. The van der Waals surface area contributed by atoms with E-state index in [2.05, 4.69) is 10.1 Å². The number of nitrogens with one attached hydrogen (secondary N) is 1. The average Bonchev–Trinajstić information content (AvgIpc) is 2.69. The molecule has 0 fully saturated rings. The lowest BCUT2D eigenvalue weighted by atomic mass is 9.92. The molecule has 1 aliphatic heterocycles. The van der Waals surface area contributed by atoms with Gasteiger partial charge in [-0.05, 0) is 37.1 Å². The van der Waals surface area contributed by atoms with Crippen LogP contribution in [0.3, 0.4) is 0 Å². The third kappa shape index (κ3) is 4.70. The van der Waals surface area contributed by atoms with Gasteiger partial charge in [-0.15, -0.1) is 0 Å². The maximum absolute atomic E-state index is 11.7. The first-order chi connectivity index (χ1) is 13.1. The summed E-state index contributed by atoms with van der Waals surface area (Å²) in [5.74, 6) is 1.08. The van der Waals surface area contributed by atoms with Gasteiger partial charge in [-0.2, -0.15) is 0 Å². The van der Waals surface area contributed by atoms with Crippen LogP contribution in [0, 0.1) is 0 Å². The van der Waals surface area contributed by atoms with E-state index in [1.807, 2.05) is 74.5 Å². The first-order valence-corrected chi connectivity index (χ1v) is 8.75. The van der Waals surface area contributed by atoms with Crippen LogP contribution in [0.1, 0.15) is 30.9 Å². The molecule has 1 heterocycles. The molecule has 5 heteroatoms. The maximum Gasteiger partial charge on any atom is 0.513 e. The Balaban J connectivity index is 1.82. The van der Waals surface area contributed by atoms with E-state index in [1.165, 1.54) is 7.11 Å². The second-order valence-corrected chi connectivity index (χ2v) is 6.34. The van der Waals surface area contributed by atoms with Gasteiger partial charge in [0.05, 0.1) is 18.7 Å². The standard InChI is InChI=1S/C22H23NO4/c1-15-12-20(21(16(2)23-15)27-22(24)25-3)18-10-7-11-19(13-18)26-14-17-8-5-4-6-9-17/h4-13,20,23H,14H2,1-3H3. The van der Waals surface area contributed by atoms with Gasteiger partial charge in [0.2, 0.25) is 0 Å². The summed E-state index contributed by atoms with van der Waals surface area (Å²) in [5.41, 5.74) is 3.84. The minimum Gasteiger partial charge on any atom is -0.489 e. The largest absolute Gasteiger partial charge is 0.513 e. The molecule has 0 radical (unpaired) electrons. The van der Waals surface area contributed by atoms with Crippen molar-refractivity contribution in [1.82, 2.24) is 5.32 Å². The highest BCUT2D eigenvalue weighted by Gasteiger charge is 2.26. The number of hydrogen-bond donors (Lipinski definition) is 1. The van der Waals surface area contributed by atoms with Gasteiger partial charge >= 0.3 is 6.16 Å². The maximum atomic E-state index is 11.7. The average molecular weight is 365 g/mol. The predicted octanol–water partition coefficient (Wildman–Crippen LogP) is 4.87. The van der Waals surface area contributed by atoms with Crippen molar-refractivity contribution in [2.45, 2.75) is 26.4 Å². The molecule has 0 spiro atoms. The van der Waals surface area contributed by atoms with Crippen LogP contribution in [0.15, 0.2) is 77.8 Å². The van der Waals surface area contributed by atoms with E-state index >= 15 is 0 Å². The van der Waals surface area contributed by atoms with Gasteiger partial charge in [-0.3, -0.25) is 0 Å². The number of dihydropyridines is 1. The van der Waals surface area contributed by atoms with Gasteiger partial charge < -0.3 is 19.5 Å². The summed E-state index contributed by atoms with van der Waals surface area (Å²) in [4.78, 5) is 11.7. The van der Waals surface area contributed by atoms with E-state index < -0.39 is 6.16 Å². The van der Waals surface area contributed by atoms with E-state index in [-0.39, 0.29) is 5.92 Å². The van der Waals surface area contributed by atoms with E-state index in [9.17, 15) is 4.79 Å². The van der Waals surface area contributed by atoms with Crippen molar-refractivity contribution in [1.29, 1.82) is 0 Å². The quantitative estimate of drug-likeness (QED) is 0.766. The Hall–Kier alpha value is -3.21. The molecule has 1 unspecified atom stereocenters. The normalized spacial score (nSPS) is 16.3. The summed E-state index contributed by atoms with van der Waals surface area (Å²) in [7, 11) is 1.29. The zero-order valence-electron chi connectivity index (χ0n) is 15.7. The van der Waals surface area contributed by atoms with Gasteiger partial charge in [-0.25, -0.2) is 4.79 Å². The first-order valence-electron chi connectivity index (χ1n) is 8.75. The molecule has 0 amide bonds. The zero-order chi connectivity index (χ0) is 19.2. The van der Waals surface area contributed by atoms with Crippen LogP contribution in [0.2, 0.25) is 0 Å². The number of hydrogen-bond acceptors (Lipinski definition) is 5. The summed E-state index contributed by atoms with van der Waals surface area (Å²) in [5, 5.41) is 3.20. The van der Waals surface area contributed by atoms with Gasteiger partial charge in [0.25, 0.3) is 0 Å². The lowest BCUT2D eigenvalue weighted by Gasteiger charge is -2.26. The van der Waals surface area contributed by atoms with Crippen molar-refractivity contribution < 1.29 is 19.0 Å². The number of allylic oxidation sites excluding steroid dienone is 3. The van der Waals surface area contributed by atoms with E-state index in [4.69, 9.17) is 9.47 Å². The van der Waals surface area contributed by atoms with Crippen LogP contribution >= 0.6 is 0 Å². The van der Waals surface area contributed by atoms with E-state index in [1.54, 1.807) is 0 Å². The van der Waals surface area contributed by atoms with Gasteiger partial charge in [0.1, 0.15) is 18.1 Å². The molecular formula is C22H23NO4. The Morgan fingerprint density at radius 2 is 1.85 bits per heavy atom. The molecule has 3 rings (SSSR count). The molecule has 5 nitrogen and oxygen atoms in total. The Bertz CT molecular complexity index is 871. The Labute approximate surface area is 159 Å². The lowest BCUT2D eigenvalue weighted by molar-refractivity contribution is 0.0925. The van der Waals surface area contributed by atoms with Crippen molar-refractivity contribution in [2.24, 2.45) is 0 Å². The van der Waals surface area contributed by atoms with Crippen molar-refractivity contribution >= 4 is 6.16 Å². The van der Waals surface area contributed by atoms with E-state index in [0.717, 1.165) is 28.3 Å². The number of carbonyl (C=O) groups is 1. The van der Waals surface area contributed by atoms with Crippen LogP contribution in [0.25, 0.3) is 0 Å². The molecule has 27 heavy (non-hydrogen) atoms. The summed E-state index contributed by atoms with van der Waals surface area (Å²) < 4.78 is 16.0. The smallest absolute Gasteiger partial charge is 0.489 e. The minimum atomic E-state index is -0.736. The summed E-state index contributed by atoms with van der Waals surface area (Å²) in [6.07, 6.45) is 1.28. The van der Waals surface area contributed by atoms with Crippen molar-refractivity contribution in [2.75, 3.05) is 7.11 Å². The van der Waals surface area contributed by atoms with Crippen LogP contribution in [-0.4, -0.2) is 13.3 Å². The molecular weight excluding hydrogens is 342 g/mol. The molecule has 2 aromatic rings. The second-order valence-electron chi connectivity index (χ2n) is 6.34. The molecule has 1 atom stereocenters. The fraction of sp³-hybridized carbons (Fsp3) is 0.227. The second kappa shape index (κ2) is 8.45. The van der Waals surface area contributed by atoms with Gasteiger partial charge in [0, 0.05) is 5.70 Å². The Morgan fingerprint density at radius 1 is 1.07 bits per heavy atom. The molecule has 0 aliphatic carbocycles. The highest BCUT2D eigenvalue weighted by Crippen LogP contribution is 2.34. The predicted molar refractivity (Wildman–Crippen MR) is 103 cm³/mol. The first kappa shape index (κ1) is 18.6. The highest BCUT2D eigenvalue weighted by atomic mass is 16.7. The van der Waals surface area contributed by atoms with E-state index in [0.29, 0.717) is 12.4 Å². The molecule has 0 saturated heterocycles. The zero-order valence-corrected chi connectivity index (χ0v) is 15.7. The van der Waals surface area contributed by atoms with Crippen LogP contribution in [0.5, 0.6) is 5.75 Å². The van der Waals surface area contributed by atoms with Crippen LogP contribution < -0.4 is 10.1 Å². The fourth-order valence-electron chi connectivity index (χ4n) is 3.02. The number of benzene rings is 2. The number of methoxy groups -OCH3 is 1.